The number of aliphatic carboxylic acids is 1. The van der Waals surface area contributed by atoms with E-state index in [1.165, 1.54) is 0 Å². The SMILES string of the molecule is COc1ccc(Nc2ccccc2C(=O)N2CCCC(C(=O)O)C2)cc1. The van der Waals surface area contributed by atoms with E-state index in [1.807, 2.05) is 42.5 Å². The van der Waals surface area contributed by atoms with Crippen molar-refractivity contribution in [1.29, 1.82) is 0 Å². The minimum absolute atomic E-state index is 0.146. The summed E-state index contributed by atoms with van der Waals surface area (Å²) in [7, 11) is 1.61. The molecule has 1 amide bonds. The quantitative estimate of drug-likeness (QED) is 0.861. The average molecular weight is 354 g/mol. The Morgan fingerprint density at radius 3 is 2.58 bits per heavy atom. The second-order valence-electron chi connectivity index (χ2n) is 6.33. The van der Waals surface area contributed by atoms with E-state index in [0.29, 0.717) is 30.6 Å². The smallest absolute Gasteiger partial charge is 0.308 e. The Balaban J connectivity index is 1.79. The Morgan fingerprint density at radius 1 is 1.15 bits per heavy atom. The first-order chi connectivity index (χ1) is 12.6. The van der Waals surface area contributed by atoms with Crippen molar-refractivity contribution in [3.8, 4) is 5.75 Å². The van der Waals surface area contributed by atoms with Crippen molar-refractivity contribution in [2.75, 3.05) is 25.5 Å². The largest absolute Gasteiger partial charge is 0.497 e. The molecule has 2 aromatic rings. The average Bonchev–Trinajstić information content (AvgIpc) is 2.68. The van der Waals surface area contributed by atoms with E-state index in [9.17, 15) is 14.7 Å². The van der Waals surface area contributed by atoms with Gasteiger partial charge in [0, 0.05) is 18.8 Å². The number of anilines is 2. The van der Waals surface area contributed by atoms with Crippen LogP contribution in [0.5, 0.6) is 5.75 Å². The van der Waals surface area contributed by atoms with Crippen LogP contribution in [0.25, 0.3) is 0 Å². The molecule has 1 heterocycles. The summed E-state index contributed by atoms with van der Waals surface area (Å²) in [5, 5.41) is 12.5. The molecule has 0 aliphatic carbocycles. The van der Waals surface area contributed by atoms with Gasteiger partial charge >= 0.3 is 5.97 Å². The molecule has 0 bridgehead atoms. The third kappa shape index (κ3) is 3.96. The van der Waals surface area contributed by atoms with Gasteiger partial charge in [0.15, 0.2) is 0 Å². The molecule has 0 radical (unpaired) electrons. The van der Waals surface area contributed by atoms with E-state index in [2.05, 4.69) is 5.32 Å². The second kappa shape index (κ2) is 7.91. The molecule has 0 saturated carbocycles. The molecule has 1 fully saturated rings. The van der Waals surface area contributed by atoms with Crippen LogP contribution in [0.15, 0.2) is 48.5 Å². The van der Waals surface area contributed by atoms with Gasteiger partial charge in [-0.1, -0.05) is 12.1 Å². The first-order valence-electron chi connectivity index (χ1n) is 8.60. The number of rotatable bonds is 5. The van der Waals surface area contributed by atoms with Crippen LogP contribution in [-0.4, -0.2) is 42.1 Å². The number of ether oxygens (including phenoxy) is 1. The number of methoxy groups -OCH3 is 1. The summed E-state index contributed by atoms with van der Waals surface area (Å²) < 4.78 is 5.15. The number of nitrogens with one attached hydrogen (secondary N) is 1. The second-order valence-corrected chi connectivity index (χ2v) is 6.33. The maximum absolute atomic E-state index is 13.0. The van der Waals surface area contributed by atoms with Crippen LogP contribution < -0.4 is 10.1 Å². The molecule has 1 atom stereocenters. The van der Waals surface area contributed by atoms with Gasteiger partial charge in [0.05, 0.1) is 24.3 Å². The number of benzene rings is 2. The number of carbonyl (C=O) groups is 2. The van der Waals surface area contributed by atoms with Crippen LogP contribution in [0, 0.1) is 5.92 Å². The van der Waals surface area contributed by atoms with Crippen LogP contribution in [-0.2, 0) is 4.79 Å². The molecule has 1 saturated heterocycles. The zero-order valence-corrected chi connectivity index (χ0v) is 14.6. The highest BCUT2D eigenvalue weighted by molar-refractivity contribution is 6.00. The van der Waals surface area contributed by atoms with E-state index >= 15 is 0 Å². The summed E-state index contributed by atoms with van der Waals surface area (Å²) in [6.07, 6.45) is 1.32. The normalized spacial score (nSPS) is 16.8. The summed E-state index contributed by atoms with van der Waals surface area (Å²) in [4.78, 5) is 25.8. The monoisotopic (exact) mass is 354 g/mol. The minimum Gasteiger partial charge on any atom is -0.497 e. The number of hydrogen-bond acceptors (Lipinski definition) is 4. The Morgan fingerprint density at radius 2 is 1.88 bits per heavy atom. The van der Waals surface area contributed by atoms with Gasteiger partial charge in [0.2, 0.25) is 0 Å². The Labute approximate surface area is 152 Å². The number of para-hydroxylation sites is 1. The molecule has 0 spiro atoms. The van der Waals surface area contributed by atoms with Gasteiger partial charge in [-0.2, -0.15) is 0 Å². The fraction of sp³-hybridized carbons (Fsp3) is 0.300. The predicted molar refractivity (Wildman–Crippen MR) is 99.0 cm³/mol. The van der Waals surface area contributed by atoms with Crippen molar-refractivity contribution in [1.82, 2.24) is 4.90 Å². The molecule has 2 aromatic carbocycles. The Hall–Kier alpha value is -3.02. The molecule has 6 nitrogen and oxygen atoms in total. The summed E-state index contributed by atoms with van der Waals surface area (Å²) in [5.41, 5.74) is 2.07. The first-order valence-corrected chi connectivity index (χ1v) is 8.60. The summed E-state index contributed by atoms with van der Waals surface area (Å²) in [5.74, 6) is -0.720. The number of likely N-dealkylation sites (tertiary alicyclic amines) is 1. The van der Waals surface area contributed by atoms with E-state index in [-0.39, 0.29) is 12.5 Å². The van der Waals surface area contributed by atoms with Crippen LogP contribution in [0.2, 0.25) is 0 Å². The lowest BCUT2D eigenvalue weighted by Crippen LogP contribution is -2.42. The van der Waals surface area contributed by atoms with E-state index in [0.717, 1.165) is 11.4 Å². The summed E-state index contributed by atoms with van der Waals surface area (Å²) >= 11 is 0. The number of hydrogen-bond donors (Lipinski definition) is 2. The van der Waals surface area contributed by atoms with Crippen molar-refractivity contribution < 1.29 is 19.4 Å². The zero-order chi connectivity index (χ0) is 18.5. The molecule has 0 aromatic heterocycles. The lowest BCUT2D eigenvalue weighted by Gasteiger charge is -2.31. The summed E-state index contributed by atoms with van der Waals surface area (Å²) in [6.45, 7) is 0.838. The van der Waals surface area contributed by atoms with Gasteiger partial charge in [-0.25, -0.2) is 0 Å². The molecule has 2 N–H and O–H groups in total. The fourth-order valence-corrected chi connectivity index (χ4v) is 3.14. The molecule has 6 heteroatoms. The van der Waals surface area contributed by atoms with Gasteiger partial charge in [-0.3, -0.25) is 9.59 Å². The maximum atomic E-state index is 13.0. The number of amides is 1. The van der Waals surface area contributed by atoms with Crippen molar-refractivity contribution >= 4 is 23.3 Å². The summed E-state index contributed by atoms with van der Waals surface area (Å²) in [6, 6.07) is 14.7. The van der Waals surface area contributed by atoms with E-state index in [4.69, 9.17) is 4.74 Å². The molecule has 136 valence electrons. The molecule has 1 aliphatic rings. The van der Waals surface area contributed by atoms with Crippen LogP contribution in [0.4, 0.5) is 11.4 Å². The van der Waals surface area contributed by atoms with E-state index in [1.54, 1.807) is 18.1 Å². The van der Waals surface area contributed by atoms with Gasteiger partial charge in [0.1, 0.15) is 5.75 Å². The first kappa shape index (κ1) is 17.8. The molecular weight excluding hydrogens is 332 g/mol. The van der Waals surface area contributed by atoms with Gasteiger partial charge in [-0.05, 0) is 49.2 Å². The number of carboxylic acids is 1. The van der Waals surface area contributed by atoms with Crippen LogP contribution >= 0.6 is 0 Å². The number of nitrogens with zero attached hydrogens (tertiary/aromatic N) is 1. The minimum atomic E-state index is -0.841. The third-order valence-electron chi connectivity index (χ3n) is 4.58. The van der Waals surface area contributed by atoms with Crippen molar-refractivity contribution in [3.05, 3.63) is 54.1 Å². The number of carboxylic acid groups (broad SMARTS) is 1. The van der Waals surface area contributed by atoms with Crippen molar-refractivity contribution in [2.24, 2.45) is 5.92 Å². The zero-order valence-electron chi connectivity index (χ0n) is 14.6. The molecule has 26 heavy (non-hydrogen) atoms. The number of piperidine rings is 1. The highest BCUT2D eigenvalue weighted by Gasteiger charge is 2.29. The molecular formula is C20H22N2O4. The van der Waals surface area contributed by atoms with Crippen LogP contribution in [0.3, 0.4) is 0 Å². The molecule has 3 rings (SSSR count). The van der Waals surface area contributed by atoms with E-state index < -0.39 is 11.9 Å². The lowest BCUT2D eigenvalue weighted by atomic mass is 9.97. The lowest BCUT2D eigenvalue weighted by molar-refractivity contribution is -0.143. The fourth-order valence-electron chi connectivity index (χ4n) is 3.14. The topological polar surface area (TPSA) is 78.9 Å². The van der Waals surface area contributed by atoms with Crippen molar-refractivity contribution in [3.63, 3.8) is 0 Å². The van der Waals surface area contributed by atoms with Gasteiger partial charge < -0.3 is 20.1 Å². The van der Waals surface area contributed by atoms with Crippen LogP contribution in [0.1, 0.15) is 23.2 Å². The van der Waals surface area contributed by atoms with Crippen molar-refractivity contribution in [2.45, 2.75) is 12.8 Å². The Kier molecular flexibility index (Phi) is 5.41. The molecule has 1 unspecified atom stereocenters. The Bertz CT molecular complexity index is 789. The third-order valence-corrected chi connectivity index (χ3v) is 4.58. The van der Waals surface area contributed by atoms with Gasteiger partial charge in [0.25, 0.3) is 5.91 Å². The maximum Gasteiger partial charge on any atom is 0.308 e. The van der Waals surface area contributed by atoms with Gasteiger partial charge in [-0.15, -0.1) is 0 Å². The highest BCUT2D eigenvalue weighted by Crippen LogP contribution is 2.26. The molecule has 1 aliphatic heterocycles. The standard InChI is InChI=1S/C20H22N2O4/c1-26-16-10-8-15(9-11-16)21-18-7-3-2-6-17(18)19(23)22-12-4-5-14(13-22)20(24)25/h2-3,6-11,14,21H,4-5,12-13H2,1H3,(H,24,25). The predicted octanol–water partition coefficient (Wildman–Crippen LogP) is 3.38. The highest BCUT2D eigenvalue weighted by atomic mass is 16.5. The number of carbonyl (C=O) groups excluding carboxylic acids is 1.